The van der Waals surface area contributed by atoms with E-state index in [1.165, 1.54) is 19.2 Å². The average molecular weight is 406 g/mol. The molecule has 2 N–H and O–H groups in total. The molecule has 0 bridgehead atoms. The molecular formula is C19H23FN4O3S. The maximum absolute atomic E-state index is 13.8. The molecule has 7 nitrogen and oxygen atoms in total. The van der Waals surface area contributed by atoms with Gasteiger partial charge in [-0.05, 0) is 36.1 Å². The summed E-state index contributed by atoms with van der Waals surface area (Å²) in [5, 5.41) is 2.78. The summed E-state index contributed by atoms with van der Waals surface area (Å²) in [4.78, 5) is 34.2. The number of benzene rings is 1. The number of carbonyl (C=O) groups is 2. The van der Waals surface area contributed by atoms with Crippen molar-refractivity contribution < 1.29 is 18.7 Å². The molecule has 0 saturated heterocycles. The fraction of sp³-hybridized carbons (Fsp3) is 0.421. The molecule has 1 aliphatic rings. The molecule has 9 heteroatoms. The van der Waals surface area contributed by atoms with Crippen LogP contribution in [0, 0.1) is 5.82 Å². The number of imidazole rings is 1. The molecule has 0 saturated carbocycles. The lowest BCUT2D eigenvalue weighted by Crippen LogP contribution is -2.51. The lowest BCUT2D eigenvalue weighted by molar-refractivity contribution is -0.142. The fourth-order valence-electron chi connectivity index (χ4n) is 3.37. The number of aromatic amines is 1. The highest BCUT2D eigenvalue weighted by molar-refractivity contribution is 7.98. The van der Waals surface area contributed by atoms with Crippen molar-refractivity contribution in [2.24, 2.45) is 0 Å². The first-order valence-electron chi connectivity index (χ1n) is 8.96. The van der Waals surface area contributed by atoms with Crippen LogP contribution >= 0.6 is 11.8 Å². The highest BCUT2D eigenvalue weighted by Gasteiger charge is 2.35. The number of urea groups is 1. The van der Waals surface area contributed by atoms with Crippen LogP contribution in [0.15, 0.2) is 30.6 Å². The number of H-pyrrole nitrogens is 1. The van der Waals surface area contributed by atoms with E-state index in [9.17, 15) is 14.0 Å². The van der Waals surface area contributed by atoms with E-state index in [0.29, 0.717) is 36.4 Å². The number of nitrogens with one attached hydrogen (secondary N) is 2. The summed E-state index contributed by atoms with van der Waals surface area (Å²) >= 11 is 1.58. The first-order chi connectivity index (χ1) is 13.5. The first kappa shape index (κ1) is 20.2. The Morgan fingerprint density at radius 2 is 2.32 bits per heavy atom. The van der Waals surface area contributed by atoms with Gasteiger partial charge in [0.25, 0.3) is 0 Å². The summed E-state index contributed by atoms with van der Waals surface area (Å²) in [5.41, 5.74) is 2.23. The normalized spacial score (nSPS) is 17.0. The number of aromatic nitrogens is 2. The lowest BCUT2D eigenvalue weighted by atomic mass is 9.96. The van der Waals surface area contributed by atoms with Gasteiger partial charge < -0.3 is 19.9 Å². The first-order valence-corrected chi connectivity index (χ1v) is 10.4. The van der Waals surface area contributed by atoms with Crippen molar-refractivity contribution in [3.8, 4) is 0 Å². The third-order valence-electron chi connectivity index (χ3n) is 4.74. The summed E-state index contributed by atoms with van der Waals surface area (Å²) in [6.45, 7) is 0.415. The molecule has 0 spiro atoms. The molecule has 1 aliphatic heterocycles. The predicted octanol–water partition coefficient (Wildman–Crippen LogP) is 2.50. The molecule has 3 rings (SSSR count). The molecule has 150 valence electrons. The molecular weight excluding hydrogens is 383 g/mol. The summed E-state index contributed by atoms with van der Waals surface area (Å²) < 4.78 is 18.7. The van der Waals surface area contributed by atoms with Crippen molar-refractivity contribution in [3.05, 3.63) is 53.4 Å². The number of halogens is 1. The zero-order valence-electron chi connectivity index (χ0n) is 15.8. The Kier molecular flexibility index (Phi) is 6.56. The van der Waals surface area contributed by atoms with E-state index in [2.05, 4.69) is 15.3 Å². The van der Waals surface area contributed by atoms with E-state index in [4.69, 9.17) is 4.74 Å². The Morgan fingerprint density at radius 3 is 3.04 bits per heavy atom. The van der Waals surface area contributed by atoms with Crippen LogP contribution in [0.25, 0.3) is 0 Å². The number of fused-ring (bicyclic) bond motifs is 1. The van der Waals surface area contributed by atoms with Gasteiger partial charge in [0, 0.05) is 18.7 Å². The number of hydrogen-bond acceptors (Lipinski definition) is 5. The van der Waals surface area contributed by atoms with Crippen LogP contribution in [0.4, 0.5) is 9.18 Å². The Bertz CT molecular complexity index is 844. The van der Waals surface area contributed by atoms with E-state index >= 15 is 0 Å². The number of rotatable bonds is 6. The summed E-state index contributed by atoms with van der Waals surface area (Å²) in [7, 11) is 1.30. The van der Waals surface area contributed by atoms with Crippen LogP contribution in [-0.2, 0) is 16.0 Å². The minimum absolute atomic E-state index is 0.382. The number of ether oxygens (including phenoxy) is 1. The van der Waals surface area contributed by atoms with Crippen LogP contribution < -0.4 is 5.32 Å². The molecule has 0 aliphatic carbocycles. The topological polar surface area (TPSA) is 87.3 Å². The monoisotopic (exact) mass is 406 g/mol. The number of nitrogens with zero attached hydrogens (tertiary/aromatic N) is 2. The third-order valence-corrected chi connectivity index (χ3v) is 5.39. The van der Waals surface area contributed by atoms with Crippen molar-refractivity contribution in [2.45, 2.75) is 24.9 Å². The van der Waals surface area contributed by atoms with Crippen molar-refractivity contribution >= 4 is 23.8 Å². The number of amides is 2. The average Bonchev–Trinajstić information content (AvgIpc) is 3.18. The number of carbonyl (C=O) groups excluding carboxylic acids is 2. The quantitative estimate of drug-likeness (QED) is 0.720. The third kappa shape index (κ3) is 4.30. The molecule has 2 aromatic rings. The number of thioether (sulfide) groups is 1. The zero-order valence-corrected chi connectivity index (χ0v) is 16.6. The summed E-state index contributed by atoms with van der Waals surface area (Å²) in [6, 6.07) is 4.46. The minimum atomic E-state index is -0.737. The number of methoxy groups -OCH3 is 1. The van der Waals surface area contributed by atoms with Gasteiger partial charge in [-0.1, -0.05) is 12.1 Å². The maximum atomic E-state index is 13.8. The standard InChI is InChI=1S/C19H23FN4O3S/c1-27-18(25)15(7-9-28-2)23-19(26)24-8-6-14-16(22-11-21-14)17(24)12-4-3-5-13(20)10-12/h3-5,10-11,15,17H,6-9H2,1-2H3,(H,21,22)(H,23,26)/t15-,17+/m0/s1. The van der Waals surface area contributed by atoms with Gasteiger partial charge in [0.15, 0.2) is 0 Å². The van der Waals surface area contributed by atoms with Crippen molar-refractivity contribution in [3.63, 3.8) is 0 Å². The highest BCUT2D eigenvalue weighted by atomic mass is 32.2. The van der Waals surface area contributed by atoms with E-state index < -0.39 is 24.1 Å². The lowest BCUT2D eigenvalue weighted by Gasteiger charge is -2.36. The van der Waals surface area contributed by atoms with Gasteiger partial charge in [-0.2, -0.15) is 11.8 Å². The predicted molar refractivity (Wildman–Crippen MR) is 105 cm³/mol. The van der Waals surface area contributed by atoms with Crippen LogP contribution in [0.5, 0.6) is 0 Å². The van der Waals surface area contributed by atoms with Crippen LogP contribution in [-0.4, -0.2) is 58.6 Å². The highest BCUT2D eigenvalue weighted by Crippen LogP contribution is 2.33. The maximum Gasteiger partial charge on any atom is 0.328 e. The molecule has 1 aromatic carbocycles. The molecule has 2 amide bonds. The summed E-state index contributed by atoms with van der Waals surface area (Å²) in [6.07, 6.45) is 4.57. The van der Waals surface area contributed by atoms with Crippen molar-refractivity contribution in [1.29, 1.82) is 0 Å². The van der Waals surface area contributed by atoms with Gasteiger partial charge in [0.1, 0.15) is 17.9 Å². The smallest absolute Gasteiger partial charge is 0.328 e. The van der Waals surface area contributed by atoms with Crippen LogP contribution in [0.3, 0.4) is 0 Å². The zero-order chi connectivity index (χ0) is 20.1. The second-order valence-electron chi connectivity index (χ2n) is 6.47. The van der Waals surface area contributed by atoms with Gasteiger partial charge in [-0.15, -0.1) is 0 Å². The van der Waals surface area contributed by atoms with E-state index in [-0.39, 0.29) is 5.82 Å². The van der Waals surface area contributed by atoms with Crippen molar-refractivity contribution in [2.75, 3.05) is 25.7 Å². The second-order valence-corrected chi connectivity index (χ2v) is 7.46. The Morgan fingerprint density at radius 1 is 1.50 bits per heavy atom. The summed E-state index contributed by atoms with van der Waals surface area (Å²) in [5.74, 6) is -0.160. The van der Waals surface area contributed by atoms with E-state index in [0.717, 1.165) is 5.69 Å². The molecule has 1 aromatic heterocycles. The van der Waals surface area contributed by atoms with Gasteiger partial charge in [0.05, 0.1) is 19.1 Å². The number of esters is 1. The van der Waals surface area contributed by atoms with Gasteiger partial charge >= 0.3 is 12.0 Å². The molecule has 2 atom stereocenters. The molecule has 0 radical (unpaired) electrons. The van der Waals surface area contributed by atoms with E-state index in [1.807, 2.05) is 6.26 Å². The van der Waals surface area contributed by atoms with Crippen LogP contribution in [0.2, 0.25) is 0 Å². The fourth-order valence-corrected chi connectivity index (χ4v) is 3.84. The second kappa shape index (κ2) is 9.09. The number of hydrogen-bond donors (Lipinski definition) is 2. The Labute approximate surface area is 167 Å². The van der Waals surface area contributed by atoms with Crippen LogP contribution in [0.1, 0.15) is 29.4 Å². The van der Waals surface area contributed by atoms with Gasteiger partial charge in [-0.3, -0.25) is 0 Å². The SMILES string of the molecule is COC(=O)[C@H](CCSC)NC(=O)N1CCc2[nH]cnc2[C@H]1c1cccc(F)c1. The minimum Gasteiger partial charge on any atom is -0.467 e. The molecule has 28 heavy (non-hydrogen) atoms. The Hall–Kier alpha value is -2.55. The molecule has 2 heterocycles. The van der Waals surface area contributed by atoms with Gasteiger partial charge in [0.2, 0.25) is 0 Å². The molecule has 0 fully saturated rings. The van der Waals surface area contributed by atoms with E-state index in [1.54, 1.807) is 35.1 Å². The largest absolute Gasteiger partial charge is 0.467 e. The van der Waals surface area contributed by atoms with Crippen molar-refractivity contribution in [1.82, 2.24) is 20.2 Å². The Balaban J connectivity index is 1.88. The molecule has 0 unspecified atom stereocenters. The van der Waals surface area contributed by atoms with Gasteiger partial charge in [-0.25, -0.2) is 19.0 Å².